The molecule has 2 nitrogen and oxygen atoms in total. The van der Waals surface area contributed by atoms with Gasteiger partial charge >= 0.3 is 0 Å². The minimum atomic E-state index is 0.171. The summed E-state index contributed by atoms with van der Waals surface area (Å²) in [6.45, 7) is 6.59. The number of aromatic amines is 1. The third kappa shape index (κ3) is 1.64. The van der Waals surface area contributed by atoms with Crippen LogP contribution in [0.3, 0.4) is 0 Å². The second-order valence-corrected chi connectivity index (χ2v) is 4.97. The van der Waals surface area contributed by atoms with E-state index in [0.717, 1.165) is 11.0 Å². The van der Waals surface area contributed by atoms with Crippen LogP contribution in [0.5, 0.6) is 0 Å². The van der Waals surface area contributed by atoms with Crippen LogP contribution in [-0.4, -0.2) is 9.97 Å². The fourth-order valence-electron chi connectivity index (χ4n) is 1.46. The lowest BCUT2D eigenvalue weighted by molar-refractivity contribution is 0.591. The van der Waals surface area contributed by atoms with Crippen LogP contribution < -0.4 is 0 Å². The minimum absolute atomic E-state index is 0.171. The van der Waals surface area contributed by atoms with E-state index in [1.807, 2.05) is 0 Å². The van der Waals surface area contributed by atoms with Gasteiger partial charge in [-0.2, -0.15) is 0 Å². The SMILES string of the molecule is CC(C)(C)c1ccc2[nH]c(S)nc2c1. The molecule has 0 unspecified atom stereocenters. The molecule has 0 saturated heterocycles. The van der Waals surface area contributed by atoms with Crippen LogP contribution in [0.2, 0.25) is 0 Å². The lowest BCUT2D eigenvalue weighted by Crippen LogP contribution is -2.10. The summed E-state index contributed by atoms with van der Waals surface area (Å²) in [5.74, 6) is 0. The Morgan fingerprint density at radius 3 is 2.64 bits per heavy atom. The zero-order chi connectivity index (χ0) is 10.3. The van der Waals surface area contributed by atoms with E-state index < -0.39 is 0 Å². The normalized spacial score (nSPS) is 12.3. The number of rotatable bonds is 0. The summed E-state index contributed by atoms with van der Waals surface area (Å²) in [4.78, 5) is 7.39. The fraction of sp³-hybridized carbons (Fsp3) is 0.364. The van der Waals surface area contributed by atoms with E-state index in [1.165, 1.54) is 5.56 Å². The quantitative estimate of drug-likeness (QED) is 0.637. The molecule has 0 atom stereocenters. The van der Waals surface area contributed by atoms with Gasteiger partial charge in [0.2, 0.25) is 0 Å². The predicted octanol–water partition coefficient (Wildman–Crippen LogP) is 3.15. The molecule has 0 saturated carbocycles. The Balaban J connectivity index is 2.62. The highest BCUT2D eigenvalue weighted by molar-refractivity contribution is 7.80. The number of H-pyrrole nitrogens is 1. The first-order valence-electron chi connectivity index (χ1n) is 4.66. The Kier molecular flexibility index (Phi) is 2.07. The molecule has 0 fully saturated rings. The maximum atomic E-state index is 4.30. The van der Waals surface area contributed by atoms with Crippen LogP contribution in [0.1, 0.15) is 26.3 Å². The topological polar surface area (TPSA) is 28.7 Å². The van der Waals surface area contributed by atoms with Crippen molar-refractivity contribution in [2.45, 2.75) is 31.3 Å². The maximum Gasteiger partial charge on any atom is 0.163 e. The molecule has 0 spiro atoms. The largest absolute Gasteiger partial charge is 0.333 e. The molecule has 0 radical (unpaired) electrons. The summed E-state index contributed by atoms with van der Waals surface area (Å²) in [5.41, 5.74) is 3.50. The predicted molar refractivity (Wildman–Crippen MR) is 62.0 cm³/mol. The standard InChI is InChI=1S/C11H14N2S/c1-11(2,3)7-4-5-8-9(6-7)13-10(14)12-8/h4-6H,1-3H3,(H2,12,13,14). The Labute approximate surface area is 89.2 Å². The smallest absolute Gasteiger partial charge is 0.163 e. The van der Waals surface area contributed by atoms with Crippen molar-refractivity contribution in [1.82, 2.24) is 9.97 Å². The summed E-state index contributed by atoms with van der Waals surface area (Å²) in [6.07, 6.45) is 0. The fourth-order valence-corrected chi connectivity index (χ4v) is 1.69. The Morgan fingerprint density at radius 1 is 1.29 bits per heavy atom. The average Bonchev–Trinajstić information content (AvgIpc) is 2.41. The van der Waals surface area contributed by atoms with Crippen molar-refractivity contribution >= 4 is 23.7 Å². The van der Waals surface area contributed by atoms with E-state index >= 15 is 0 Å². The van der Waals surface area contributed by atoms with Crippen molar-refractivity contribution in [3.63, 3.8) is 0 Å². The van der Waals surface area contributed by atoms with Gasteiger partial charge in [-0.05, 0) is 23.1 Å². The highest BCUT2D eigenvalue weighted by Crippen LogP contribution is 2.25. The first kappa shape index (κ1) is 9.59. The van der Waals surface area contributed by atoms with Crippen molar-refractivity contribution in [3.05, 3.63) is 23.8 Å². The first-order chi connectivity index (χ1) is 6.47. The monoisotopic (exact) mass is 206 g/mol. The molecular weight excluding hydrogens is 192 g/mol. The third-order valence-corrected chi connectivity index (χ3v) is 2.55. The van der Waals surface area contributed by atoms with Gasteiger partial charge < -0.3 is 4.98 Å². The molecule has 1 aromatic carbocycles. The number of hydrogen-bond donors (Lipinski definition) is 2. The Bertz CT molecular complexity index is 466. The number of fused-ring (bicyclic) bond motifs is 1. The lowest BCUT2D eigenvalue weighted by Gasteiger charge is -2.18. The second-order valence-electron chi connectivity index (χ2n) is 4.54. The Morgan fingerprint density at radius 2 is 2.00 bits per heavy atom. The molecule has 14 heavy (non-hydrogen) atoms. The molecule has 0 aliphatic heterocycles. The number of imidazole rings is 1. The Hall–Kier alpha value is -0.960. The number of aromatic nitrogens is 2. The molecule has 3 heteroatoms. The molecule has 1 N–H and O–H groups in total. The van der Waals surface area contributed by atoms with Crippen molar-refractivity contribution in [3.8, 4) is 0 Å². The van der Waals surface area contributed by atoms with Crippen molar-refractivity contribution < 1.29 is 0 Å². The van der Waals surface area contributed by atoms with E-state index in [1.54, 1.807) is 0 Å². The second kappa shape index (κ2) is 3.02. The van der Waals surface area contributed by atoms with Gasteiger partial charge in [0.1, 0.15) is 0 Å². The van der Waals surface area contributed by atoms with E-state index in [0.29, 0.717) is 5.16 Å². The average molecular weight is 206 g/mol. The summed E-state index contributed by atoms with van der Waals surface area (Å²) in [6, 6.07) is 6.31. The summed E-state index contributed by atoms with van der Waals surface area (Å²) in [5, 5.41) is 0.672. The van der Waals surface area contributed by atoms with Gasteiger partial charge in [-0.25, -0.2) is 4.98 Å². The zero-order valence-corrected chi connectivity index (χ0v) is 9.52. The zero-order valence-electron chi connectivity index (χ0n) is 8.63. The molecule has 2 rings (SSSR count). The van der Waals surface area contributed by atoms with Gasteiger partial charge in [0.25, 0.3) is 0 Å². The molecule has 1 heterocycles. The summed E-state index contributed by atoms with van der Waals surface area (Å²) < 4.78 is 0. The van der Waals surface area contributed by atoms with E-state index in [4.69, 9.17) is 0 Å². The van der Waals surface area contributed by atoms with Crippen LogP contribution in [0.15, 0.2) is 23.4 Å². The molecule has 2 aromatic rings. The van der Waals surface area contributed by atoms with Gasteiger partial charge in [0, 0.05) is 0 Å². The van der Waals surface area contributed by atoms with E-state index in [2.05, 4.69) is 61.6 Å². The van der Waals surface area contributed by atoms with Gasteiger partial charge in [-0.3, -0.25) is 0 Å². The lowest BCUT2D eigenvalue weighted by atomic mass is 9.87. The van der Waals surface area contributed by atoms with Crippen LogP contribution in [0, 0.1) is 0 Å². The van der Waals surface area contributed by atoms with Crippen LogP contribution in [-0.2, 0) is 5.41 Å². The summed E-state index contributed by atoms with van der Waals surface area (Å²) >= 11 is 4.18. The van der Waals surface area contributed by atoms with Crippen LogP contribution in [0.4, 0.5) is 0 Å². The van der Waals surface area contributed by atoms with Crippen molar-refractivity contribution in [1.29, 1.82) is 0 Å². The number of hydrogen-bond acceptors (Lipinski definition) is 2. The number of nitrogens with zero attached hydrogens (tertiary/aromatic N) is 1. The van der Waals surface area contributed by atoms with Gasteiger partial charge in [0.05, 0.1) is 11.0 Å². The van der Waals surface area contributed by atoms with E-state index in [9.17, 15) is 0 Å². The number of benzene rings is 1. The first-order valence-corrected chi connectivity index (χ1v) is 5.11. The maximum absolute atomic E-state index is 4.30. The molecular formula is C11H14N2S. The molecule has 0 amide bonds. The van der Waals surface area contributed by atoms with Gasteiger partial charge in [-0.1, -0.05) is 26.8 Å². The van der Waals surface area contributed by atoms with E-state index in [-0.39, 0.29) is 5.41 Å². The molecule has 74 valence electrons. The molecule has 0 aliphatic carbocycles. The molecule has 0 aliphatic rings. The molecule has 0 bridgehead atoms. The highest BCUT2D eigenvalue weighted by Gasteiger charge is 2.14. The molecule has 1 aromatic heterocycles. The van der Waals surface area contributed by atoms with Crippen molar-refractivity contribution in [2.75, 3.05) is 0 Å². The minimum Gasteiger partial charge on any atom is -0.333 e. The van der Waals surface area contributed by atoms with Gasteiger partial charge in [-0.15, -0.1) is 12.6 Å². The summed E-state index contributed by atoms with van der Waals surface area (Å²) in [7, 11) is 0. The highest BCUT2D eigenvalue weighted by atomic mass is 32.1. The third-order valence-electron chi connectivity index (χ3n) is 2.34. The van der Waals surface area contributed by atoms with Gasteiger partial charge in [0.15, 0.2) is 5.16 Å². The number of thiol groups is 1. The number of nitrogens with one attached hydrogen (secondary N) is 1. The van der Waals surface area contributed by atoms with Crippen molar-refractivity contribution in [2.24, 2.45) is 0 Å². The van der Waals surface area contributed by atoms with Crippen LogP contribution in [0.25, 0.3) is 11.0 Å². The van der Waals surface area contributed by atoms with Crippen LogP contribution >= 0.6 is 12.6 Å².